The van der Waals surface area contributed by atoms with Crippen LogP contribution < -0.4 is 5.32 Å². The van der Waals surface area contributed by atoms with Gasteiger partial charge in [-0.05, 0) is 38.8 Å². The van der Waals surface area contributed by atoms with Crippen molar-refractivity contribution in [2.24, 2.45) is 0 Å². The molecule has 0 spiro atoms. The van der Waals surface area contributed by atoms with Gasteiger partial charge in [0.15, 0.2) is 0 Å². The average Bonchev–Trinajstić information content (AvgIpc) is 2.47. The molecule has 0 saturated carbocycles. The molecule has 1 saturated heterocycles. The number of nitrogens with one attached hydrogen (secondary N) is 1. The van der Waals surface area contributed by atoms with Crippen molar-refractivity contribution < 1.29 is 4.74 Å². The summed E-state index contributed by atoms with van der Waals surface area (Å²) in [6, 6.07) is 6.33. The highest BCUT2D eigenvalue weighted by Crippen LogP contribution is 2.22. The number of hydrogen-bond donors (Lipinski definition) is 1. The first-order chi connectivity index (χ1) is 10.2. The highest BCUT2D eigenvalue weighted by molar-refractivity contribution is 5.61. The van der Waals surface area contributed by atoms with Crippen molar-refractivity contribution in [3.05, 3.63) is 36.4 Å². The van der Waals surface area contributed by atoms with E-state index in [1.54, 1.807) is 12.4 Å². The molecule has 0 radical (unpaired) electrons. The molecule has 2 aromatic heterocycles. The second-order valence-corrected chi connectivity index (χ2v) is 5.47. The van der Waals surface area contributed by atoms with Crippen LogP contribution in [-0.4, -0.2) is 33.7 Å². The lowest BCUT2D eigenvalue weighted by Crippen LogP contribution is -2.32. The van der Waals surface area contributed by atoms with Crippen LogP contribution in [0.3, 0.4) is 0 Å². The Morgan fingerprint density at radius 1 is 1.24 bits per heavy atom. The Hall–Kier alpha value is -2.01. The first-order valence-corrected chi connectivity index (χ1v) is 7.35. The molecule has 0 bridgehead atoms. The molecule has 1 fully saturated rings. The summed E-state index contributed by atoms with van der Waals surface area (Å²) in [5.74, 6) is 1.65. The topological polar surface area (TPSA) is 59.9 Å². The van der Waals surface area contributed by atoms with E-state index >= 15 is 0 Å². The summed E-state index contributed by atoms with van der Waals surface area (Å²) in [5, 5.41) is 3.52. The predicted octanol–water partition coefficient (Wildman–Crippen LogP) is 2.83. The van der Waals surface area contributed by atoms with Gasteiger partial charge < -0.3 is 10.1 Å². The second-order valence-electron chi connectivity index (χ2n) is 5.47. The fourth-order valence-electron chi connectivity index (χ4n) is 2.65. The van der Waals surface area contributed by atoms with Crippen molar-refractivity contribution in [1.29, 1.82) is 0 Å². The lowest BCUT2D eigenvalue weighted by molar-refractivity contribution is 0.0232. The van der Waals surface area contributed by atoms with Crippen molar-refractivity contribution in [2.75, 3.05) is 11.9 Å². The minimum absolute atomic E-state index is 0.304. The monoisotopic (exact) mass is 284 g/mol. The van der Waals surface area contributed by atoms with E-state index in [0.717, 1.165) is 42.3 Å². The maximum absolute atomic E-state index is 5.58. The average molecular weight is 284 g/mol. The number of aryl methyl sites for hydroxylation is 1. The van der Waals surface area contributed by atoms with Gasteiger partial charge in [-0.25, -0.2) is 9.97 Å². The minimum atomic E-state index is 0.304. The molecule has 3 rings (SSSR count). The Balaban J connectivity index is 1.81. The Morgan fingerprint density at radius 3 is 2.81 bits per heavy atom. The Bertz CT molecular complexity index is 602. The fourth-order valence-corrected chi connectivity index (χ4v) is 2.65. The summed E-state index contributed by atoms with van der Waals surface area (Å²) in [5.41, 5.74) is 1.98. The number of hydrogen-bond acceptors (Lipinski definition) is 5. The van der Waals surface area contributed by atoms with Gasteiger partial charge in [-0.3, -0.25) is 4.98 Å². The van der Waals surface area contributed by atoms with E-state index in [9.17, 15) is 0 Å². The summed E-state index contributed by atoms with van der Waals surface area (Å²) in [6.07, 6.45) is 5.88. The van der Waals surface area contributed by atoms with E-state index in [1.807, 2.05) is 25.1 Å². The number of pyridine rings is 1. The quantitative estimate of drug-likeness (QED) is 0.939. The largest absolute Gasteiger partial charge is 0.378 e. The summed E-state index contributed by atoms with van der Waals surface area (Å²) >= 11 is 0. The predicted molar refractivity (Wildman–Crippen MR) is 82.1 cm³/mol. The third-order valence-electron chi connectivity index (χ3n) is 3.65. The Morgan fingerprint density at radius 2 is 2.05 bits per heavy atom. The van der Waals surface area contributed by atoms with Gasteiger partial charge >= 0.3 is 0 Å². The SMILES string of the molecule is Cc1nc(N[C@H]2CCO[C@H](C)C2)cc(-c2ccncc2)n1. The first kappa shape index (κ1) is 13.9. The van der Waals surface area contributed by atoms with Crippen LogP contribution in [0.25, 0.3) is 11.3 Å². The lowest BCUT2D eigenvalue weighted by Gasteiger charge is -2.28. The van der Waals surface area contributed by atoms with Gasteiger partial charge in [-0.15, -0.1) is 0 Å². The molecule has 0 aromatic carbocycles. The van der Waals surface area contributed by atoms with Crippen LogP contribution in [0.5, 0.6) is 0 Å². The van der Waals surface area contributed by atoms with Crippen LogP contribution >= 0.6 is 0 Å². The first-order valence-electron chi connectivity index (χ1n) is 7.35. The highest BCUT2D eigenvalue weighted by Gasteiger charge is 2.19. The fraction of sp³-hybridized carbons (Fsp3) is 0.438. The molecule has 5 nitrogen and oxygen atoms in total. The van der Waals surface area contributed by atoms with Crippen LogP contribution in [0.4, 0.5) is 5.82 Å². The molecule has 1 aliphatic rings. The van der Waals surface area contributed by atoms with Gasteiger partial charge in [0.25, 0.3) is 0 Å². The molecular weight excluding hydrogens is 264 g/mol. The standard InChI is InChI=1S/C16H20N4O/c1-11-9-14(5-8-21-11)20-16-10-15(18-12(2)19-16)13-3-6-17-7-4-13/h3-4,6-7,10-11,14H,5,8-9H2,1-2H3,(H,18,19,20)/t11-,14+/m1/s1. The number of nitrogens with zero attached hydrogens (tertiary/aromatic N) is 3. The Labute approximate surface area is 124 Å². The third-order valence-corrected chi connectivity index (χ3v) is 3.65. The van der Waals surface area contributed by atoms with Crippen molar-refractivity contribution in [3.8, 4) is 11.3 Å². The van der Waals surface area contributed by atoms with E-state index in [0.29, 0.717) is 12.1 Å². The molecule has 2 atom stereocenters. The lowest BCUT2D eigenvalue weighted by atomic mass is 10.0. The van der Waals surface area contributed by atoms with Crippen LogP contribution in [-0.2, 0) is 4.74 Å². The van der Waals surface area contributed by atoms with E-state index in [4.69, 9.17) is 4.74 Å². The summed E-state index contributed by atoms with van der Waals surface area (Å²) in [6.45, 7) is 4.84. The maximum atomic E-state index is 5.58. The van der Waals surface area contributed by atoms with Gasteiger partial charge in [0, 0.05) is 36.7 Å². The van der Waals surface area contributed by atoms with E-state index < -0.39 is 0 Å². The number of anilines is 1. The molecule has 0 unspecified atom stereocenters. The van der Waals surface area contributed by atoms with E-state index in [2.05, 4.69) is 27.2 Å². The number of ether oxygens (including phenoxy) is 1. The van der Waals surface area contributed by atoms with Crippen molar-refractivity contribution in [2.45, 2.75) is 38.8 Å². The van der Waals surface area contributed by atoms with Crippen molar-refractivity contribution in [3.63, 3.8) is 0 Å². The maximum Gasteiger partial charge on any atom is 0.130 e. The molecule has 21 heavy (non-hydrogen) atoms. The van der Waals surface area contributed by atoms with E-state index in [1.165, 1.54) is 0 Å². The highest BCUT2D eigenvalue weighted by atomic mass is 16.5. The molecule has 1 N–H and O–H groups in total. The van der Waals surface area contributed by atoms with Crippen LogP contribution in [0.15, 0.2) is 30.6 Å². The molecule has 5 heteroatoms. The van der Waals surface area contributed by atoms with Crippen LogP contribution in [0, 0.1) is 6.92 Å². The molecule has 0 amide bonds. The third kappa shape index (κ3) is 3.55. The van der Waals surface area contributed by atoms with Crippen molar-refractivity contribution in [1.82, 2.24) is 15.0 Å². The Kier molecular flexibility index (Phi) is 4.10. The summed E-state index contributed by atoms with van der Waals surface area (Å²) < 4.78 is 5.58. The van der Waals surface area contributed by atoms with Gasteiger partial charge in [-0.1, -0.05) is 0 Å². The summed E-state index contributed by atoms with van der Waals surface area (Å²) in [7, 11) is 0. The van der Waals surface area contributed by atoms with Crippen LogP contribution in [0.1, 0.15) is 25.6 Å². The van der Waals surface area contributed by atoms with Gasteiger partial charge in [-0.2, -0.15) is 0 Å². The normalized spacial score (nSPS) is 22.0. The molecule has 2 aromatic rings. The zero-order valence-corrected chi connectivity index (χ0v) is 12.4. The molecular formula is C16H20N4O. The molecule has 1 aliphatic heterocycles. The zero-order chi connectivity index (χ0) is 14.7. The minimum Gasteiger partial charge on any atom is -0.378 e. The smallest absolute Gasteiger partial charge is 0.130 e. The number of aromatic nitrogens is 3. The number of rotatable bonds is 3. The molecule has 110 valence electrons. The van der Waals surface area contributed by atoms with Gasteiger partial charge in [0.05, 0.1) is 11.8 Å². The van der Waals surface area contributed by atoms with Gasteiger partial charge in [0.1, 0.15) is 11.6 Å². The zero-order valence-electron chi connectivity index (χ0n) is 12.4. The van der Waals surface area contributed by atoms with E-state index in [-0.39, 0.29) is 0 Å². The van der Waals surface area contributed by atoms with Gasteiger partial charge in [0.2, 0.25) is 0 Å². The van der Waals surface area contributed by atoms with Crippen LogP contribution in [0.2, 0.25) is 0 Å². The summed E-state index contributed by atoms with van der Waals surface area (Å²) in [4.78, 5) is 13.1. The molecule has 0 aliphatic carbocycles. The second kappa shape index (κ2) is 6.18. The van der Waals surface area contributed by atoms with Crippen molar-refractivity contribution >= 4 is 5.82 Å². The molecule has 3 heterocycles.